The molecule has 1 aromatic carbocycles. The van der Waals surface area contributed by atoms with Gasteiger partial charge in [0.1, 0.15) is 0 Å². The molecular weight excluding hydrogens is 352 g/mol. The van der Waals surface area contributed by atoms with E-state index in [1.807, 2.05) is 0 Å². The molecule has 2 aliphatic rings. The van der Waals surface area contributed by atoms with Crippen molar-refractivity contribution in [2.24, 2.45) is 5.41 Å². The summed E-state index contributed by atoms with van der Waals surface area (Å²) in [6.45, 7) is 5.66. The molecule has 144 valence electrons. The fraction of sp³-hybridized carbons (Fsp3) is 0.611. The van der Waals surface area contributed by atoms with Gasteiger partial charge in [-0.15, -0.1) is 0 Å². The van der Waals surface area contributed by atoms with Gasteiger partial charge in [-0.05, 0) is 49.6 Å². The first-order valence-electron chi connectivity index (χ1n) is 9.06. The third-order valence-corrected chi connectivity index (χ3v) is 6.82. The quantitative estimate of drug-likeness (QED) is 0.714. The van der Waals surface area contributed by atoms with Gasteiger partial charge >= 0.3 is 0 Å². The van der Waals surface area contributed by atoms with E-state index in [4.69, 9.17) is 0 Å². The average molecular weight is 381 g/mol. The SMILES string of the molecule is CNC(=O)c1ccc(S(=O)(=O)NCC2(CN3CCN(C)CC3)CC2)cc1. The molecule has 1 saturated heterocycles. The first-order chi connectivity index (χ1) is 12.3. The number of carbonyl (C=O) groups is 1. The van der Waals surface area contributed by atoms with Gasteiger partial charge in [0.05, 0.1) is 4.90 Å². The van der Waals surface area contributed by atoms with Crippen LogP contribution in [-0.2, 0) is 10.0 Å². The van der Waals surface area contributed by atoms with E-state index in [-0.39, 0.29) is 16.2 Å². The van der Waals surface area contributed by atoms with E-state index in [1.165, 1.54) is 24.3 Å². The summed E-state index contributed by atoms with van der Waals surface area (Å²) in [6, 6.07) is 6.02. The van der Waals surface area contributed by atoms with E-state index in [0.717, 1.165) is 45.6 Å². The molecule has 7 nitrogen and oxygen atoms in total. The molecule has 0 unspecified atom stereocenters. The second-order valence-electron chi connectivity index (χ2n) is 7.51. The van der Waals surface area contributed by atoms with E-state index in [0.29, 0.717) is 12.1 Å². The van der Waals surface area contributed by atoms with Crippen molar-refractivity contribution < 1.29 is 13.2 Å². The van der Waals surface area contributed by atoms with Gasteiger partial charge in [0, 0.05) is 51.9 Å². The van der Waals surface area contributed by atoms with Gasteiger partial charge in [0.2, 0.25) is 10.0 Å². The number of nitrogens with zero attached hydrogens (tertiary/aromatic N) is 2. The van der Waals surface area contributed by atoms with Crippen molar-refractivity contribution in [1.29, 1.82) is 0 Å². The molecule has 1 aliphatic heterocycles. The van der Waals surface area contributed by atoms with Gasteiger partial charge in [0.25, 0.3) is 5.91 Å². The zero-order valence-corrected chi connectivity index (χ0v) is 16.3. The number of rotatable bonds is 7. The highest BCUT2D eigenvalue weighted by Crippen LogP contribution is 2.46. The Bertz CT molecular complexity index is 736. The third-order valence-electron chi connectivity index (χ3n) is 5.40. The Morgan fingerprint density at radius 2 is 1.73 bits per heavy atom. The summed E-state index contributed by atoms with van der Waals surface area (Å²) < 4.78 is 27.9. The number of carbonyl (C=O) groups excluding carboxylic acids is 1. The lowest BCUT2D eigenvalue weighted by Gasteiger charge is -2.34. The molecule has 3 rings (SSSR count). The Balaban J connectivity index is 1.57. The summed E-state index contributed by atoms with van der Waals surface area (Å²) >= 11 is 0. The van der Waals surface area contributed by atoms with E-state index < -0.39 is 10.0 Å². The van der Waals surface area contributed by atoms with Crippen molar-refractivity contribution in [2.45, 2.75) is 17.7 Å². The van der Waals surface area contributed by atoms with Gasteiger partial charge in [-0.1, -0.05) is 0 Å². The van der Waals surface area contributed by atoms with Crippen molar-refractivity contribution in [1.82, 2.24) is 19.8 Å². The van der Waals surface area contributed by atoms with Crippen LogP contribution >= 0.6 is 0 Å². The topological polar surface area (TPSA) is 81.7 Å². The first kappa shape index (κ1) is 19.3. The summed E-state index contributed by atoms with van der Waals surface area (Å²) in [5, 5.41) is 2.52. The fourth-order valence-electron chi connectivity index (χ4n) is 3.31. The van der Waals surface area contributed by atoms with Crippen molar-refractivity contribution in [2.75, 3.05) is 53.4 Å². The molecule has 2 fully saturated rings. The molecule has 0 radical (unpaired) electrons. The lowest BCUT2D eigenvalue weighted by atomic mass is 10.1. The Hall–Kier alpha value is -1.48. The van der Waals surface area contributed by atoms with E-state index in [2.05, 4.69) is 26.9 Å². The highest BCUT2D eigenvalue weighted by atomic mass is 32.2. The van der Waals surface area contributed by atoms with Gasteiger partial charge in [-0.25, -0.2) is 13.1 Å². The van der Waals surface area contributed by atoms with Crippen LogP contribution in [0.4, 0.5) is 0 Å². The predicted molar refractivity (Wildman–Crippen MR) is 101 cm³/mol. The third kappa shape index (κ3) is 4.62. The van der Waals surface area contributed by atoms with E-state index in [1.54, 1.807) is 7.05 Å². The first-order valence-corrected chi connectivity index (χ1v) is 10.5. The molecule has 0 spiro atoms. The van der Waals surface area contributed by atoms with Gasteiger partial charge in [-0.2, -0.15) is 0 Å². The van der Waals surface area contributed by atoms with Crippen LogP contribution < -0.4 is 10.0 Å². The number of hydrogen-bond acceptors (Lipinski definition) is 5. The molecule has 0 bridgehead atoms. The van der Waals surface area contributed by atoms with Crippen LogP contribution in [0, 0.1) is 5.41 Å². The molecule has 1 aliphatic carbocycles. The summed E-state index contributed by atoms with van der Waals surface area (Å²) in [4.78, 5) is 16.5. The van der Waals surface area contributed by atoms with Crippen LogP contribution in [0.5, 0.6) is 0 Å². The van der Waals surface area contributed by atoms with Crippen LogP contribution in [0.2, 0.25) is 0 Å². The number of benzene rings is 1. The van der Waals surface area contributed by atoms with Gasteiger partial charge in [0.15, 0.2) is 0 Å². The molecule has 1 saturated carbocycles. The van der Waals surface area contributed by atoms with Crippen molar-refractivity contribution in [3.63, 3.8) is 0 Å². The zero-order valence-electron chi connectivity index (χ0n) is 15.5. The fourth-order valence-corrected chi connectivity index (χ4v) is 4.47. The summed E-state index contributed by atoms with van der Waals surface area (Å²) in [6.07, 6.45) is 2.13. The lowest BCUT2D eigenvalue weighted by Crippen LogP contribution is -2.47. The van der Waals surface area contributed by atoms with Gasteiger partial charge in [-0.3, -0.25) is 4.79 Å². The predicted octanol–water partition coefficient (Wildman–Crippen LogP) is 0.352. The van der Waals surface area contributed by atoms with Crippen molar-refractivity contribution >= 4 is 15.9 Å². The van der Waals surface area contributed by atoms with Crippen LogP contribution in [0.25, 0.3) is 0 Å². The lowest BCUT2D eigenvalue weighted by molar-refractivity contribution is 0.0963. The second kappa shape index (κ2) is 7.64. The van der Waals surface area contributed by atoms with Crippen molar-refractivity contribution in [3.8, 4) is 0 Å². The molecule has 26 heavy (non-hydrogen) atoms. The Labute approximate surface area is 155 Å². The molecule has 1 amide bonds. The number of amides is 1. The maximum absolute atomic E-state index is 12.6. The van der Waals surface area contributed by atoms with Crippen LogP contribution in [0.3, 0.4) is 0 Å². The largest absolute Gasteiger partial charge is 0.355 e. The van der Waals surface area contributed by atoms with Crippen LogP contribution in [0.1, 0.15) is 23.2 Å². The number of nitrogens with one attached hydrogen (secondary N) is 2. The Kier molecular flexibility index (Phi) is 5.67. The smallest absolute Gasteiger partial charge is 0.251 e. The highest BCUT2D eigenvalue weighted by Gasteiger charge is 2.44. The summed E-state index contributed by atoms with van der Waals surface area (Å²) in [5.41, 5.74) is 0.519. The minimum absolute atomic E-state index is 0.0744. The zero-order chi connectivity index (χ0) is 18.8. The second-order valence-corrected chi connectivity index (χ2v) is 9.27. The average Bonchev–Trinajstić information content (AvgIpc) is 3.41. The van der Waals surface area contributed by atoms with E-state index >= 15 is 0 Å². The number of sulfonamides is 1. The molecule has 1 heterocycles. The molecule has 2 N–H and O–H groups in total. The standard InChI is InChI=1S/C18H28N4O3S/c1-19-17(23)15-3-5-16(6-4-15)26(24,25)20-13-18(7-8-18)14-22-11-9-21(2)10-12-22/h3-6,20H,7-14H2,1-2H3,(H,19,23). The van der Waals surface area contributed by atoms with E-state index in [9.17, 15) is 13.2 Å². The minimum atomic E-state index is -3.56. The summed E-state index contributed by atoms with van der Waals surface area (Å²) in [7, 11) is 0.118. The molecule has 8 heteroatoms. The molecular formula is C18H28N4O3S. The van der Waals surface area contributed by atoms with Crippen molar-refractivity contribution in [3.05, 3.63) is 29.8 Å². The van der Waals surface area contributed by atoms with Gasteiger partial charge < -0.3 is 15.1 Å². The molecule has 0 aromatic heterocycles. The Morgan fingerprint density at radius 3 is 2.27 bits per heavy atom. The van der Waals surface area contributed by atoms with Crippen LogP contribution in [-0.4, -0.2) is 77.5 Å². The summed E-state index contributed by atoms with van der Waals surface area (Å²) in [5.74, 6) is -0.231. The van der Waals surface area contributed by atoms with Crippen LogP contribution in [0.15, 0.2) is 29.2 Å². The Morgan fingerprint density at radius 1 is 1.12 bits per heavy atom. The molecule has 0 atom stereocenters. The number of piperazine rings is 1. The number of likely N-dealkylation sites (N-methyl/N-ethyl adjacent to an activating group) is 1. The maximum Gasteiger partial charge on any atom is 0.251 e. The number of hydrogen-bond donors (Lipinski definition) is 2. The molecule has 1 aromatic rings. The normalized spacial score (nSPS) is 20.7. The highest BCUT2D eigenvalue weighted by molar-refractivity contribution is 7.89. The minimum Gasteiger partial charge on any atom is -0.355 e. The monoisotopic (exact) mass is 380 g/mol. The maximum atomic E-state index is 12.6.